The van der Waals surface area contributed by atoms with Crippen molar-refractivity contribution >= 4 is 11.9 Å². The van der Waals surface area contributed by atoms with E-state index in [1.807, 2.05) is 0 Å². The largest absolute Gasteiger partial charge is 0.455 e. The molecule has 0 spiro atoms. The van der Waals surface area contributed by atoms with Crippen LogP contribution in [0.25, 0.3) is 0 Å². The highest BCUT2D eigenvalue weighted by Gasteiger charge is 2.19. The van der Waals surface area contributed by atoms with Gasteiger partial charge in [0.1, 0.15) is 0 Å². The average molecular weight is 208 g/mol. The highest BCUT2D eigenvalue weighted by molar-refractivity contribution is 5.93. The molecule has 15 heavy (non-hydrogen) atoms. The smallest absolute Gasteiger partial charge is 0.340 e. The molecule has 2 heterocycles. The number of aliphatic hydroxyl groups excluding tert-OH is 1. The van der Waals surface area contributed by atoms with Crippen LogP contribution in [0.5, 0.6) is 0 Å². The molecule has 0 saturated heterocycles. The van der Waals surface area contributed by atoms with E-state index in [4.69, 9.17) is 9.84 Å². The van der Waals surface area contributed by atoms with E-state index >= 15 is 0 Å². The minimum atomic E-state index is -1.42. The Morgan fingerprint density at radius 2 is 1.60 bits per heavy atom. The predicted octanol–water partition coefficient (Wildman–Crippen LogP) is 0.332. The van der Waals surface area contributed by atoms with Gasteiger partial charge >= 0.3 is 11.9 Å². The summed E-state index contributed by atoms with van der Waals surface area (Å²) in [5.74, 6) is -1.20. The fourth-order valence-electron chi connectivity index (χ4n) is 1.20. The third-order valence-electron chi connectivity index (χ3n) is 1.96. The Morgan fingerprint density at radius 3 is 2.20 bits per heavy atom. The number of ether oxygens (including phenoxy) is 2. The summed E-state index contributed by atoms with van der Waals surface area (Å²) in [5, 5.41) is 9.16. The molecule has 0 aromatic heterocycles. The molecular formula is C10H8O5. The van der Waals surface area contributed by atoms with Crippen LogP contribution in [0.4, 0.5) is 0 Å². The number of hydrogen-bond donors (Lipinski definition) is 1. The van der Waals surface area contributed by atoms with Crippen LogP contribution in [-0.2, 0) is 9.47 Å². The Labute approximate surface area is 85.2 Å². The van der Waals surface area contributed by atoms with Crippen molar-refractivity contribution in [1.82, 2.24) is 0 Å². The van der Waals surface area contributed by atoms with Gasteiger partial charge in [-0.05, 0) is 24.3 Å². The van der Waals surface area contributed by atoms with Crippen LogP contribution in [0.15, 0.2) is 24.3 Å². The van der Waals surface area contributed by atoms with Crippen LogP contribution < -0.4 is 0 Å². The number of hydrogen-bond acceptors (Lipinski definition) is 5. The highest BCUT2D eigenvalue weighted by Crippen LogP contribution is 2.10. The molecule has 0 saturated carbocycles. The van der Waals surface area contributed by atoms with Crippen molar-refractivity contribution in [2.45, 2.75) is 6.29 Å². The minimum Gasteiger partial charge on any atom is -0.455 e. The SMILES string of the molecule is O=C1OCC(O)OC(=O)c2ccc1cc2. The Bertz CT molecular complexity index is 395. The third-order valence-corrected chi connectivity index (χ3v) is 1.96. The number of esters is 2. The Morgan fingerprint density at radius 1 is 1.07 bits per heavy atom. The maximum atomic E-state index is 11.3. The van der Waals surface area contributed by atoms with Crippen molar-refractivity contribution in [3.63, 3.8) is 0 Å². The molecule has 78 valence electrons. The minimum absolute atomic E-state index is 0.285. The fourth-order valence-corrected chi connectivity index (χ4v) is 1.20. The standard InChI is InChI=1S/C10H8O5/c11-8-5-14-9(12)6-1-3-7(4-2-6)10(13)15-8/h1-4,8,11H,5H2. The Kier molecular flexibility index (Phi) is 2.39. The van der Waals surface area contributed by atoms with Gasteiger partial charge in [-0.15, -0.1) is 0 Å². The summed E-state index contributed by atoms with van der Waals surface area (Å²) in [5.41, 5.74) is 0.619. The van der Waals surface area contributed by atoms with E-state index < -0.39 is 18.2 Å². The van der Waals surface area contributed by atoms with Gasteiger partial charge in [-0.2, -0.15) is 0 Å². The van der Waals surface area contributed by atoms with E-state index in [0.29, 0.717) is 5.56 Å². The molecule has 0 amide bonds. The molecule has 1 N–H and O–H groups in total. The number of carbonyl (C=O) groups excluding carboxylic acids is 2. The zero-order valence-electron chi connectivity index (χ0n) is 7.67. The molecule has 2 aliphatic heterocycles. The van der Waals surface area contributed by atoms with Gasteiger partial charge in [-0.25, -0.2) is 9.59 Å². The molecule has 3 rings (SSSR count). The van der Waals surface area contributed by atoms with Crippen molar-refractivity contribution in [2.24, 2.45) is 0 Å². The molecule has 5 nitrogen and oxygen atoms in total. The van der Waals surface area contributed by atoms with Crippen molar-refractivity contribution in [3.05, 3.63) is 35.4 Å². The van der Waals surface area contributed by atoms with Crippen molar-refractivity contribution in [2.75, 3.05) is 6.61 Å². The van der Waals surface area contributed by atoms with Crippen LogP contribution in [0.2, 0.25) is 0 Å². The maximum Gasteiger partial charge on any atom is 0.340 e. The van der Waals surface area contributed by atoms with Crippen LogP contribution in [-0.4, -0.2) is 29.9 Å². The summed E-state index contributed by atoms with van der Waals surface area (Å²) in [4.78, 5) is 22.6. The van der Waals surface area contributed by atoms with Gasteiger partial charge in [0.25, 0.3) is 0 Å². The molecule has 0 aliphatic carbocycles. The first kappa shape index (κ1) is 9.67. The van der Waals surface area contributed by atoms with Gasteiger partial charge in [0, 0.05) is 0 Å². The van der Waals surface area contributed by atoms with Gasteiger partial charge in [0.2, 0.25) is 6.29 Å². The first-order valence-corrected chi connectivity index (χ1v) is 4.33. The summed E-state index contributed by atoms with van der Waals surface area (Å²) in [6, 6.07) is 5.82. The fraction of sp³-hybridized carbons (Fsp3) is 0.200. The first-order chi connectivity index (χ1) is 7.16. The third kappa shape index (κ3) is 1.97. The predicted molar refractivity (Wildman–Crippen MR) is 48.1 cm³/mol. The van der Waals surface area contributed by atoms with Crippen molar-refractivity contribution < 1.29 is 24.2 Å². The van der Waals surface area contributed by atoms with Crippen LogP contribution >= 0.6 is 0 Å². The molecule has 2 bridgehead atoms. The molecule has 5 heteroatoms. The van der Waals surface area contributed by atoms with E-state index in [2.05, 4.69) is 4.74 Å². The molecule has 1 aromatic carbocycles. The lowest BCUT2D eigenvalue weighted by Gasteiger charge is -2.14. The van der Waals surface area contributed by atoms with E-state index in [1.165, 1.54) is 24.3 Å². The van der Waals surface area contributed by atoms with E-state index in [0.717, 1.165) is 0 Å². The molecule has 0 radical (unpaired) electrons. The summed E-state index contributed by atoms with van der Waals surface area (Å²) in [6.07, 6.45) is -1.42. The zero-order chi connectivity index (χ0) is 10.8. The van der Waals surface area contributed by atoms with E-state index in [-0.39, 0.29) is 12.2 Å². The van der Waals surface area contributed by atoms with Crippen molar-refractivity contribution in [3.8, 4) is 0 Å². The lowest BCUT2D eigenvalue weighted by Crippen LogP contribution is -2.26. The van der Waals surface area contributed by atoms with Gasteiger partial charge in [-0.3, -0.25) is 0 Å². The normalized spacial score (nSPS) is 20.7. The topological polar surface area (TPSA) is 72.8 Å². The second kappa shape index (κ2) is 3.70. The van der Waals surface area contributed by atoms with Gasteiger partial charge < -0.3 is 14.6 Å². The summed E-state index contributed by atoms with van der Waals surface area (Å²) < 4.78 is 9.29. The maximum absolute atomic E-state index is 11.3. The van der Waals surface area contributed by atoms with Crippen LogP contribution in [0.1, 0.15) is 20.7 Å². The number of aliphatic hydroxyl groups is 1. The molecule has 1 aromatic rings. The summed E-state index contributed by atoms with van der Waals surface area (Å²) >= 11 is 0. The van der Waals surface area contributed by atoms with Crippen LogP contribution in [0, 0.1) is 0 Å². The monoisotopic (exact) mass is 208 g/mol. The molecule has 1 atom stereocenters. The molecular weight excluding hydrogens is 200 g/mol. The molecule has 1 unspecified atom stereocenters. The Balaban J connectivity index is 2.39. The lowest BCUT2D eigenvalue weighted by atomic mass is 10.1. The van der Waals surface area contributed by atoms with Crippen LogP contribution in [0.3, 0.4) is 0 Å². The average Bonchev–Trinajstić information content (AvgIpc) is 2.25. The lowest BCUT2D eigenvalue weighted by molar-refractivity contribution is -0.0950. The highest BCUT2D eigenvalue weighted by atomic mass is 16.7. The quantitative estimate of drug-likeness (QED) is 0.622. The molecule has 0 fully saturated rings. The summed E-state index contributed by atoms with van der Waals surface area (Å²) in [7, 11) is 0. The number of rotatable bonds is 0. The summed E-state index contributed by atoms with van der Waals surface area (Å²) in [6.45, 7) is -0.358. The second-order valence-corrected chi connectivity index (χ2v) is 3.04. The second-order valence-electron chi connectivity index (χ2n) is 3.04. The van der Waals surface area contributed by atoms with E-state index in [1.54, 1.807) is 0 Å². The zero-order valence-corrected chi connectivity index (χ0v) is 7.67. The van der Waals surface area contributed by atoms with Gasteiger partial charge in [-0.1, -0.05) is 0 Å². The first-order valence-electron chi connectivity index (χ1n) is 4.33. The van der Waals surface area contributed by atoms with Gasteiger partial charge in [0.15, 0.2) is 6.61 Å². The number of benzene rings is 1. The molecule has 2 aliphatic rings. The van der Waals surface area contributed by atoms with E-state index in [9.17, 15) is 9.59 Å². The van der Waals surface area contributed by atoms with Gasteiger partial charge in [0.05, 0.1) is 11.1 Å². The van der Waals surface area contributed by atoms with Crippen molar-refractivity contribution in [1.29, 1.82) is 0 Å². The number of fused-ring (bicyclic) bond motifs is 7. The number of carbonyl (C=O) groups is 2. The Hall–Kier alpha value is -1.88.